The van der Waals surface area contributed by atoms with Gasteiger partial charge in [0.25, 0.3) is 0 Å². The van der Waals surface area contributed by atoms with Crippen LogP contribution in [0.25, 0.3) is 67.8 Å². The van der Waals surface area contributed by atoms with Crippen molar-refractivity contribution in [3.05, 3.63) is 207 Å². The predicted molar refractivity (Wildman–Crippen MR) is 258 cm³/mol. The molecule has 1 radical (unpaired) electrons. The molecule has 0 saturated heterocycles. The number of hydrogen-bond donors (Lipinski definition) is 0. The Hall–Kier alpha value is -8.05. The first-order valence-electron chi connectivity index (χ1n) is 21.4. The molecular formula is C56H48IrN7O4-3. The second-order valence-corrected chi connectivity index (χ2v) is 14.9. The fraction of sp³-hybridized carbons (Fsp3) is 0.107. The number of nitrogens with zero attached hydrogens (tertiary/aromatic N) is 7. The molecule has 68 heavy (non-hydrogen) atoms. The number of ether oxygens (including phenoxy) is 4. The molecule has 0 aliphatic heterocycles. The molecule has 0 unspecified atom stereocenters. The van der Waals surface area contributed by atoms with Gasteiger partial charge in [-0.2, -0.15) is 12.1 Å². The van der Waals surface area contributed by atoms with E-state index in [1.54, 1.807) is 40.8 Å². The third-order valence-electron chi connectivity index (χ3n) is 10.7. The van der Waals surface area contributed by atoms with Gasteiger partial charge in [-0.05, 0) is 45.8 Å². The summed E-state index contributed by atoms with van der Waals surface area (Å²) in [5, 5.41) is 7.58. The summed E-state index contributed by atoms with van der Waals surface area (Å²) < 4.78 is 29.9. The zero-order valence-corrected chi connectivity index (χ0v) is 40.8. The molecule has 0 aliphatic carbocycles. The summed E-state index contributed by atoms with van der Waals surface area (Å²) in [6, 6.07) is 62.7. The van der Waals surface area contributed by atoms with E-state index in [4.69, 9.17) is 18.9 Å². The van der Waals surface area contributed by atoms with Crippen molar-refractivity contribution in [1.82, 2.24) is 24.3 Å². The molecule has 4 heterocycles. The summed E-state index contributed by atoms with van der Waals surface area (Å²) in [5.74, 6) is 2.73. The number of methoxy groups -OCH3 is 4. The maximum Gasteiger partial charge on any atom is 0.242 e. The molecule has 6 aromatic carbocycles. The zero-order valence-electron chi connectivity index (χ0n) is 38.4. The molecule has 343 valence electrons. The van der Waals surface area contributed by atoms with Crippen LogP contribution in [0.15, 0.2) is 182 Å². The minimum atomic E-state index is 0. The van der Waals surface area contributed by atoms with Gasteiger partial charge >= 0.3 is 0 Å². The van der Waals surface area contributed by atoms with E-state index in [1.807, 2.05) is 154 Å². The number of aryl methyl sites for hydroxylation is 2. The quantitative estimate of drug-likeness (QED) is 0.0942. The number of rotatable bonds is 11. The molecule has 0 N–H and O–H groups in total. The molecule has 0 saturated carbocycles. The molecule has 4 aromatic heterocycles. The largest absolute Gasteiger partial charge is 0.574 e. The van der Waals surface area contributed by atoms with Crippen LogP contribution in [0, 0.1) is 24.8 Å². The zero-order chi connectivity index (χ0) is 46.5. The maximum absolute atomic E-state index is 5.63. The summed E-state index contributed by atoms with van der Waals surface area (Å²) >= 11 is 0. The van der Waals surface area contributed by atoms with Crippen molar-refractivity contribution in [1.29, 1.82) is 0 Å². The van der Waals surface area contributed by atoms with Gasteiger partial charge in [0.2, 0.25) is 12.7 Å². The van der Waals surface area contributed by atoms with Crippen molar-refractivity contribution >= 4 is 0 Å². The maximum atomic E-state index is 5.63. The Bertz CT molecular complexity index is 2950. The SMILES string of the molecule is COc1c[c-]c(-n2[c-][n+](C)c(-c3ccccc3)c2-c2ccccc2)c(OC)c1.COc1c[c-]c(-n2[c-][n+](C)c(-c3ccccc3)c2-c2ccccc2)c(OC)c1.[Ir].c1ccc(-c2ccn[n-]2)nc1. The number of benzene rings is 6. The van der Waals surface area contributed by atoms with Crippen molar-refractivity contribution in [3.63, 3.8) is 0 Å². The smallest absolute Gasteiger partial charge is 0.242 e. The second-order valence-electron chi connectivity index (χ2n) is 14.9. The Morgan fingerprint density at radius 2 is 0.897 bits per heavy atom. The topological polar surface area (TPSA) is 94.4 Å². The van der Waals surface area contributed by atoms with Crippen LogP contribution in [0.3, 0.4) is 0 Å². The van der Waals surface area contributed by atoms with E-state index in [2.05, 4.69) is 88.5 Å². The van der Waals surface area contributed by atoms with Gasteiger partial charge < -0.3 is 47.4 Å². The monoisotopic (exact) mass is 1080 g/mol. The van der Waals surface area contributed by atoms with Crippen LogP contribution >= 0.6 is 0 Å². The van der Waals surface area contributed by atoms with Gasteiger partial charge in [-0.3, -0.25) is 4.98 Å². The van der Waals surface area contributed by atoms with E-state index in [0.29, 0.717) is 23.0 Å². The molecule has 10 aromatic rings. The summed E-state index contributed by atoms with van der Waals surface area (Å²) in [4.78, 5) is 4.12. The average molecular weight is 1080 g/mol. The van der Waals surface area contributed by atoms with Crippen LogP contribution in [-0.4, -0.2) is 47.7 Å². The summed E-state index contributed by atoms with van der Waals surface area (Å²) in [6.45, 7) is 0. The summed E-state index contributed by atoms with van der Waals surface area (Å²) in [6.07, 6.45) is 10.2. The van der Waals surface area contributed by atoms with Gasteiger partial charge in [0.15, 0.2) is 0 Å². The molecule has 0 bridgehead atoms. The molecule has 0 amide bonds. The van der Waals surface area contributed by atoms with Gasteiger partial charge in [0.1, 0.15) is 0 Å². The van der Waals surface area contributed by atoms with Gasteiger partial charge in [-0.25, -0.2) is 0 Å². The summed E-state index contributed by atoms with van der Waals surface area (Å²) in [7, 11) is 10.6. The van der Waals surface area contributed by atoms with E-state index in [-0.39, 0.29) is 20.1 Å². The van der Waals surface area contributed by atoms with E-state index in [0.717, 1.165) is 67.8 Å². The Morgan fingerprint density at radius 3 is 1.25 bits per heavy atom. The number of imidazole rings is 2. The van der Waals surface area contributed by atoms with Crippen LogP contribution in [0.2, 0.25) is 0 Å². The van der Waals surface area contributed by atoms with Crippen molar-refractivity contribution in [2.45, 2.75) is 0 Å². The molecule has 0 atom stereocenters. The second kappa shape index (κ2) is 22.9. The third kappa shape index (κ3) is 10.6. The van der Waals surface area contributed by atoms with Crippen molar-refractivity contribution in [2.24, 2.45) is 14.1 Å². The van der Waals surface area contributed by atoms with E-state index < -0.39 is 0 Å². The van der Waals surface area contributed by atoms with Gasteiger partial charge in [-0.15, -0.1) is 12.1 Å². The number of aromatic nitrogens is 7. The van der Waals surface area contributed by atoms with E-state index in [9.17, 15) is 0 Å². The molecule has 12 heteroatoms. The van der Waals surface area contributed by atoms with Crippen LogP contribution in [0.4, 0.5) is 0 Å². The molecule has 11 nitrogen and oxygen atoms in total. The average Bonchev–Trinajstić information content (AvgIpc) is 4.15. The number of hydrogen-bond acceptors (Lipinski definition) is 6. The standard InChI is InChI=1S/2C24H21N2O2.C8H6N3.Ir/c2*1-25-17-26(21-15-14-20(27-2)16-22(21)28-3)24(19-12-8-5-9-13-19)23(25)18-10-6-4-7-11-18;1-2-5-9-7(3-1)8-4-6-10-11-8;/h2*4-14,16H,1-3H3;1-6H;/q3*-1;. The van der Waals surface area contributed by atoms with Crippen LogP contribution < -0.4 is 33.2 Å². The Kier molecular flexibility index (Phi) is 16.1. The summed E-state index contributed by atoms with van der Waals surface area (Å²) in [5.41, 5.74) is 11.8. The van der Waals surface area contributed by atoms with Crippen LogP contribution in [0.5, 0.6) is 23.0 Å². The Labute approximate surface area is 410 Å². The van der Waals surface area contributed by atoms with Crippen molar-refractivity contribution < 1.29 is 48.2 Å². The van der Waals surface area contributed by atoms with Gasteiger partial charge in [0.05, 0.1) is 65.3 Å². The number of pyridine rings is 1. The van der Waals surface area contributed by atoms with Gasteiger partial charge in [0, 0.05) is 61.2 Å². The fourth-order valence-electron chi connectivity index (χ4n) is 7.61. The minimum Gasteiger partial charge on any atom is -0.574 e. The Balaban J connectivity index is 0.000000163. The first-order valence-corrected chi connectivity index (χ1v) is 21.4. The minimum absolute atomic E-state index is 0. The van der Waals surface area contributed by atoms with Crippen LogP contribution in [-0.2, 0) is 34.2 Å². The third-order valence-corrected chi connectivity index (χ3v) is 10.7. The van der Waals surface area contributed by atoms with Crippen LogP contribution in [0.1, 0.15) is 0 Å². The van der Waals surface area contributed by atoms with Crippen molar-refractivity contribution in [2.75, 3.05) is 28.4 Å². The molecule has 0 aliphatic rings. The van der Waals surface area contributed by atoms with E-state index in [1.165, 1.54) is 0 Å². The first-order chi connectivity index (χ1) is 32.9. The molecule has 0 spiro atoms. The predicted octanol–water partition coefficient (Wildman–Crippen LogP) is 9.61. The molecule has 0 fully saturated rings. The molecule has 10 rings (SSSR count). The fourth-order valence-corrected chi connectivity index (χ4v) is 7.61. The first kappa shape index (κ1) is 47.9. The normalized spacial score (nSPS) is 10.4. The Morgan fingerprint density at radius 1 is 0.485 bits per heavy atom. The van der Waals surface area contributed by atoms with E-state index >= 15 is 0 Å². The van der Waals surface area contributed by atoms with Crippen molar-refractivity contribution in [3.8, 4) is 90.8 Å². The van der Waals surface area contributed by atoms with Gasteiger partial charge in [-0.1, -0.05) is 151 Å². The molecular weight excluding hydrogens is 1030 g/mol.